The van der Waals surface area contributed by atoms with Gasteiger partial charge >= 0.3 is 0 Å². The lowest BCUT2D eigenvalue weighted by molar-refractivity contribution is 0.371. The van der Waals surface area contributed by atoms with Crippen LogP contribution in [0, 0.1) is 5.82 Å². The zero-order valence-electron chi connectivity index (χ0n) is 10.6. The van der Waals surface area contributed by atoms with Crippen molar-refractivity contribution < 1.29 is 4.39 Å². The fourth-order valence-corrected chi connectivity index (χ4v) is 2.93. The highest BCUT2D eigenvalue weighted by Crippen LogP contribution is 2.27. The minimum atomic E-state index is -0.239. The van der Waals surface area contributed by atoms with E-state index in [1.54, 1.807) is 29.7 Å². The van der Waals surface area contributed by atoms with Crippen LogP contribution < -0.4 is 5.32 Å². The van der Waals surface area contributed by atoms with Crippen molar-refractivity contribution in [3.8, 4) is 0 Å². The van der Waals surface area contributed by atoms with Crippen LogP contribution in [0.1, 0.15) is 24.4 Å². The van der Waals surface area contributed by atoms with Crippen LogP contribution in [0.3, 0.4) is 0 Å². The van der Waals surface area contributed by atoms with Crippen LogP contribution in [-0.4, -0.2) is 11.5 Å². The second-order valence-corrected chi connectivity index (χ2v) is 5.40. The number of nitrogens with one attached hydrogen (secondary N) is 1. The van der Waals surface area contributed by atoms with Crippen molar-refractivity contribution in [2.24, 2.45) is 0 Å². The quantitative estimate of drug-likeness (QED) is 0.896. The number of hydrogen-bond donors (Lipinski definition) is 1. The van der Waals surface area contributed by atoms with Gasteiger partial charge in [0.15, 0.2) is 0 Å². The molecule has 0 radical (unpaired) electrons. The summed E-state index contributed by atoms with van der Waals surface area (Å²) >= 11 is 1.63. The molecule has 1 heterocycles. The van der Waals surface area contributed by atoms with E-state index in [0.717, 1.165) is 23.5 Å². The molecule has 1 aromatic carbocycles. The second kappa shape index (κ2) is 5.59. The summed E-state index contributed by atoms with van der Waals surface area (Å²) in [5.74, 6) is -0.189. The molecule has 0 aliphatic carbocycles. The normalized spacial score (nSPS) is 14.4. The van der Waals surface area contributed by atoms with E-state index in [-0.39, 0.29) is 11.4 Å². The summed E-state index contributed by atoms with van der Waals surface area (Å²) in [6, 6.07) is 6.76. The Hall–Kier alpha value is -1.26. The zero-order valence-corrected chi connectivity index (χ0v) is 11.4. The Kier molecular flexibility index (Phi) is 4.09. The van der Waals surface area contributed by atoms with Gasteiger partial charge in [0, 0.05) is 11.6 Å². The summed E-state index contributed by atoms with van der Waals surface area (Å²) in [4.78, 5) is 4.39. The smallest absolute Gasteiger partial charge is 0.123 e. The predicted molar refractivity (Wildman–Crippen MR) is 73.2 cm³/mol. The summed E-state index contributed by atoms with van der Waals surface area (Å²) in [5.41, 5.74) is 0.741. The average Bonchev–Trinajstić information content (AvgIpc) is 2.83. The van der Waals surface area contributed by atoms with Crippen LogP contribution in [-0.2, 0) is 12.0 Å². The number of thiazole rings is 1. The Morgan fingerprint density at radius 1 is 1.44 bits per heavy atom. The lowest BCUT2D eigenvalue weighted by Crippen LogP contribution is -2.41. The van der Waals surface area contributed by atoms with E-state index < -0.39 is 0 Å². The summed E-state index contributed by atoms with van der Waals surface area (Å²) in [6.07, 6.45) is 2.54. The van der Waals surface area contributed by atoms with Gasteiger partial charge in [-0.05, 0) is 37.6 Å². The van der Waals surface area contributed by atoms with E-state index in [1.165, 1.54) is 6.07 Å². The molecule has 1 atom stereocenters. The summed E-state index contributed by atoms with van der Waals surface area (Å²) < 4.78 is 13.2. The largest absolute Gasteiger partial charge is 0.306 e. The first-order valence-corrected chi connectivity index (χ1v) is 6.91. The number of halogens is 1. The van der Waals surface area contributed by atoms with E-state index in [9.17, 15) is 4.39 Å². The van der Waals surface area contributed by atoms with Crippen molar-refractivity contribution in [3.05, 3.63) is 52.2 Å². The van der Waals surface area contributed by atoms with Crippen molar-refractivity contribution in [2.75, 3.05) is 6.54 Å². The van der Waals surface area contributed by atoms with E-state index in [0.29, 0.717) is 0 Å². The molecule has 4 heteroatoms. The Morgan fingerprint density at radius 2 is 2.28 bits per heavy atom. The lowest BCUT2D eigenvalue weighted by Gasteiger charge is -2.28. The summed E-state index contributed by atoms with van der Waals surface area (Å²) in [6.45, 7) is 5.03. The van der Waals surface area contributed by atoms with Gasteiger partial charge < -0.3 is 5.32 Å². The third-order valence-corrected chi connectivity index (χ3v) is 3.95. The molecule has 0 fully saturated rings. The van der Waals surface area contributed by atoms with E-state index in [4.69, 9.17) is 0 Å². The number of likely N-dealkylation sites (N-methyl/N-ethyl adjacent to an activating group) is 1. The highest BCUT2D eigenvalue weighted by molar-refractivity contribution is 7.09. The van der Waals surface area contributed by atoms with Gasteiger partial charge in [-0.1, -0.05) is 19.1 Å². The van der Waals surface area contributed by atoms with Gasteiger partial charge in [-0.25, -0.2) is 9.37 Å². The van der Waals surface area contributed by atoms with Crippen molar-refractivity contribution >= 4 is 11.3 Å². The number of rotatable bonds is 5. The van der Waals surface area contributed by atoms with Crippen LogP contribution in [0.25, 0.3) is 0 Å². The standard InChI is InChI=1S/C14H17FN2S/c1-3-17-14(2,13-16-7-8-18-13)10-11-5-4-6-12(15)9-11/h4-9,17H,3,10H2,1-2H3. The Balaban J connectivity index is 2.26. The third kappa shape index (κ3) is 2.94. The average molecular weight is 264 g/mol. The molecular weight excluding hydrogens is 247 g/mol. The van der Waals surface area contributed by atoms with Crippen LogP contribution in [0.2, 0.25) is 0 Å². The monoisotopic (exact) mass is 264 g/mol. The number of hydrogen-bond acceptors (Lipinski definition) is 3. The van der Waals surface area contributed by atoms with Crippen molar-refractivity contribution in [2.45, 2.75) is 25.8 Å². The molecule has 0 aliphatic rings. The molecular formula is C14H17FN2S. The van der Waals surface area contributed by atoms with Crippen LogP contribution in [0.4, 0.5) is 4.39 Å². The second-order valence-electron chi connectivity index (χ2n) is 4.51. The van der Waals surface area contributed by atoms with E-state index in [2.05, 4.69) is 24.1 Å². The summed E-state index contributed by atoms with van der Waals surface area (Å²) in [5, 5.41) is 6.46. The first-order valence-electron chi connectivity index (χ1n) is 6.03. The van der Waals surface area contributed by atoms with Gasteiger partial charge in [0.2, 0.25) is 0 Å². The molecule has 2 rings (SSSR count). The maximum Gasteiger partial charge on any atom is 0.123 e. The first kappa shape index (κ1) is 13.2. The molecule has 0 saturated carbocycles. The SMILES string of the molecule is CCNC(C)(Cc1cccc(F)c1)c1nccs1. The zero-order chi connectivity index (χ0) is 13.0. The van der Waals surface area contributed by atoms with Gasteiger partial charge in [0.05, 0.1) is 5.54 Å². The highest BCUT2D eigenvalue weighted by atomic mass is 32.1. The maximum atomic E-state index is 13.2. The molecule has 0 aliphatic heterocycles. The van der Waals surface area contributed by atoms with Crippen molar-refractivity contribution in [3.63, 3.8) is 0 Å². The molecule has 0 amide bonds. The fourth-order valence-electron chi connectivity index (χ4n) is 2.16. The number of aromatic nitrogens is 1. The third-order valence-electron chi connectivity index (χ3n) is 2.92. The van der Waals surface area contributed by atoms with Crippen LogP contribution in [0.15, 0.2) is 35.8 Å². The molecule has 1 N–H and O–H groups in total. The molecule has 2 nitrogen and oxygen atoms in total. The van der Waals surface area contributed by atoms with Gasteiger partial charge in [-0.3, -0.25) is 0 Å². The molecule has 96 valence electrons. The van der Waals surface area contributed by atoms with Crippen LogP contribution >= 0.6 is 11.3 Å². The molecule has 1 aromatic heterocycles. The van der Waals surface area contributed by atoms with E-state index >= 15 is 0 Å². The maximum absolute atomic E-state index is 13.2. The van der Waals surface area contributed by atoms with Gasteiger partial charge in [0.1, 0.15) is 10.8 Å². The van der Waals surface area contributed by atoms with Crippen molar-refractivity contribution in [1.29, 1.82) is 0 Å². The number of benzene rings is 1. The summed E-state index contributed by atoms with van der Waals surface area (Å²) in [7, 11) is 0. The van der Waals surface area contributed by atoms with Gasteiger partial charge in [0.25, 0.3) is 0 Å². The topological polar surface area (TPSA) is 24.9 Å². The predicted octanol–water partition coefficient (Wildman–Crippen LogP) is 3.35. The Labute approximate surface area is 111 Å². The lowest BCUT2D eigenvalue weighted by atomic mass is 9.93. The molecule has 0 spiro atoms. The Bertz CT molecular complexity index is 498. The van der Waals surface area contributed by atoms with Crippen molar-refractivity contribution in [1.82, 2.24) is 10.3 Å². The fraction of sp³-hybridized carbons (Fsp3) is 0.357. The number of nitrogens with zero attached hydrogens (tertiary/aromatic N) is 1. The van der Waals surface area contributed by atoms with Gasteiger partial charge in [-0.2, -0.15) is 0 Å². The molecule has 18 heavy (non-hydrogen) atoms. The minimum Gasteiger partial charge on any atom is -0.306 e. The molecule has 0 bridgehead atoms. The minimum absolute atomic E-state index is 0.189. The molecule has 0 saturated heterocycles. The van der Waals surface area contributed by atoms with E-state index in [1.807, 2.05) is 11.4 Å². The first-order chi connectivity index (χ1) is 8.64. The highest BCUT2D eigenvalue weighted by Gasteiger charge is 2.28. The molecule has 1 unspecified atom stereocenters. The molecule has 2 aromatic rings. The Morgan fingerprint density at radius 3 is 2.89 bits per heavy atom. The van der Waals surface area contributed by atoms with Gasteiger partial charge in [-0.15, -0.1) is 11.3 Å². The van der Waals surface area contributed by atoms with Crippen LogP contribution in [0.5, 0.6) is 0 Å².